The van der Waals surface area contributed by atoms with Crippen molar-refractivity contribution in [3.63, 3.8) is 0 Å². The summed E-state index contributed by atoms with van der Waals surface area (Å²) in [5.41, 5.74) is 0. The van der Waals surface area contributed by atoms with Crippen molar-refractivity contribution >= 4 is 35.6 Å². The topological polar surface area (TPSA) is 57.5 Å². The standard InChI is InChI=1S/C12H22Cl2O3Se/c13-9-5-1-3-7-11(9)18(15,16,17)12-8-4-2-6-10(12)14/h9-12H,1-8H2,(H2,15,16,17). The maximum absolute atomic E-state index is 12.9. The van der Waals surface area contributed by atoms with E-state index < -0.39 is 32.8 Å². The Morgan fingerprint density at radius 2 is 1.11 bits per heavy atom. The summed E-state index contributed by atoms with van der Waals surface area (Å²) in [5, 5.41) is -0.783. The Morgan fingerprint density at radius 1 is 0.778 bits per heavy atom. The Balaban J connectivity index is 2.27. The molecule has 0 aliphatic heterocycles. The molecule has 2 saturated carbocycles. The molecule has 0 aromatic carbocycles. The summed E-state index contributed by atoms with van der Waals surface area (Å²) in [6.07, 6.45) is 6.18. The van der Waals surface area contributed by atoms with Gasteiger partial charge < -0.3 is 0 Å². The first-order valence-corrected chi connectivity index (χ1v) is 11.8. The average Bonchev–Trinajstić information content (AvgIpc) is 2.29. The average molecular weight is 364 g/mol. The molecule has 2 aliphatic carbocycles. The minimum atomic E-state index is -5.48. The predicted octanol–water partition coefficient (Wildman–Crippen LogP) is 3.40. The second-order valence-electron chi connectivity index (χ2n) is 5.66. The summed E-state index contributed by atoms with van der Waals surface area (Å²) < 4.78 is 34.1. The molecule has 0 radical (unpaired) electrons. The Labute approximate surface area is 119 Å². The Bertz CT molecular complexity index is 340. The number of hydrogen-bond donors (Lipinski definition) is 2. The van der Waals surface area contributed by atoms with Crippen LogP contribution in [0.25, 0.3) is 0 Å². The summed E-state index contributed by atoms with van der Waals surface area (Å²) in [4.78, 5) is -1.32. The van der Waals surface area contributed by atoms with Crippen LogP contribution in [-0.2, 0) is 3.83 Å². The minimum absolute atomic E-state index is 0.392. The van der Waals surface area contributed by atoms with Gasteiger partial charge in [-0.2, -0.15) is 0 Å². The molecule has 2 fully saturated rings. The van der Waals surface area contributed by atoms with Crippen molar-refractivity contribution in [1.29, 1.82) is 0 Å². The van der Waals surface area contributed by atoms with Gasteiger partial charge in [-0.25, -0.2) is 0 Å². The van der Waals surface area contributed by atoms with Gasteiger partial charge in [-0.05, 0) is 0 Å². The molecule has 18 heavy (non-hydrogen) atoms. The monoisotopic (exact) mass is 364 g/mol. The fourth-order valence-electron chi connectivity index (χ4n) is 3.33. The quantitative estimate of drug-likeness (QED) is 0.583. The molecule has 0 heterocycles. The zero-order valence-electron chi connectivity index (χ0n) is 10.4. The Kier molecular flexibility index (Phi) is 4.49. The zero-order valence-corrected chi connectivity index (χ0v) is 13.7. The molecule has 0 amide bonds. The van der Waals surface area contributed by atoms with Gasteiger partial charge in [0.1, 0.15) is 0 Å². The van der Waals surface area contributed by atoms with Crippen LogP contribution in [0.3, 0.4) is 0 Å². The van der Waals surface area contributed by atoms with Gasteiger partial charge in [0.15, 0.2) is 0 Å². The van der Waals surface area contributed by atoms with Crippen LogP contribution in [0.4, 0.5) is 0 Å². The van der Waals surface area contributed by atoms with Gasteiger partial charge in [0.2, 0.25) is 0 Å². The maximum atomic E-state index is 12.9. The SMILES string of the molecule is O=[Se](O)(O)(C1CCCCC1Cl)C1CCCCC1Cl. The van der Waals surface area contributed by atoms with Gasteiger partial charge >= 0.3 is 120 Å². The molecule has 0 bridgehead atoms. The summed E-state index contributed by atoms with van der Waals surface area (Å²) >= 11 is 6.92. The first-order chi connectivity index (χ1) is 8.31. The molecule has 0 spiro atoms. The van der Waals surface area contributed by atoms with Crippen LogP contribution < -0.4 is 0 Å². The number of rotatable bonds is 2. The van der Waals surface area contributed by atoms with Crippen LogP contribution in [0.1, 0.15) is 51.4 Å². The summed E-state index contributed by atoms with van der Waals surface area (Å²) in [5.74, 6) is 0. The number of halogens is 2. The molecule has 2 N–H and O–H groups in total. The fraction of sp³-hybridized carbons (Fsp3) is 1.00. The molecular formula is C12H22Cl2O3Se. The normalized spacial score (nSPS) is 41.0. The van der Waals surface area contributed by atoms with Gasteiger partial charge in [-0.15, -0.1) is 0 Å². The zero-order chi connectivity index (χ0) is 13.4. The van der Waals surface area contributed by atoms with Gasteiger partial charge in [0, 0.05) is 0 Å². The molecule has 108 valence electrons. The molecule has 4 atom stereocenters. The Morgan fingerprint density at radius 3 is 1.44 bits per heavy atom. The van der Waals surface area contributed by atoms with Gasteiger partial charge in [-0.3, -0.25) is 0 Å². The Hall–Kier alpha value is 0.819. The molecule has 2 rings (SSSR count). The van der Waals surface area contributed by atoms with Crippen molar-refractivity contribution in [1.82, 2.24) is 0 Å². The van der Waals surface area contributed by atoms with Crippen LogP contribution in [0.5, 0.6) is 0 Å². The van der Waals surface area contributed by atoms with Gasteiger partial charge in [-0.1, -0.05) is 0 Å². The second kappa shape index (κ2) is 5.31. The van der Waals surface area contributed by atoms with E-state index in [1.807, 2.05) is 0 Å². The van der Waals surface area contributed by atoms with E-state index in [1.54, 1.807) is 0 Å². The first-order valence-electron chi connectivity index (χ1n) is 6.74. The second-order valence-corrected chi connectivity index (χ2v) is 13.4. The van der Waals surface area contributed by atoms with E-state index in [1.165, 1.54) is 0 Å². The van der Waals surface area contributed by atoms with E-state index in [4.69, 9.17) is 23.2 Å². The van der Waals surface area contributed by atoms with E-state index in [9.17, 15) is 12.2 Å². The van der Waals surface area contributed by atoms with Crippen LogP contribution in [0.2, 0.25) is 9.63 Å². The molecule has 6 heteroatoms. The van der Waals surface area contributed by atoms with Crippen molar-refractivity contribution in [2.75, 3.05) is 0 Å². The van der Waals surface area contributed by atoms with Crippen LogP contribution in [0, 0.1) is 0 Å². The number of hydrogen-bond acceptors (Lipinski definition) is 1. The molecule has 0 saturated heterocycles. The molecule has 0 aromatic heterocycles. The third-order valence-electron chi connectivity index (χ3n) is 4.38. The van der Waals surface area contributed by atoms with E-state index in [0.717, 1.165) is 25.7 Å². The molecule has 4 unspecified atom stereocenters. The van der Waals surface area contributed by atoms with Crippen LogP contribution in [0.15, 0.2) is 0 Å². The van der Waals surface area contributed by atoms with Crippen molar-refractivity contribution in [2.24, 2.45) is 0 Å². The molecular weight excluding hydrogens is 342 g/mol. The summed E-state index contributed by atoms with van der Waals surface area (Å²) in [6, 6.07) is 0. The van der Waals surface area contributed by atoms with Crippen molar-refractivity contribution in [3.05, 3.63) is 0 Å². The van der Waals surface area contributed by atoms with Crippen molar-refractivity contribution in [3.8, 4) is 0 Å². The van der Waals surface area contributed by atoms with Crippen molar-refractivity contribution in [2.45, 2.75) is 71.8 Å². The van der Waals surface area contributed by atoms with Crippen molar-refractivity contribution < 1.29 is 12.2 Å². The van der Waals surface area contributed by atoms with Gasteiger partial charge in [0.25, 0.3) is 0 Å². The third kappa shape index (κ3) is 2.79. The van der Waals surface area contributed by atoms with E-state index in [-0.39, 0.29) is 0 Å². The molecule has 3 nitrogen and oxygen atoms in total. The first kappa shape index (κ1) is 15.2. The predicted molar refractivity (Wildman–Crippen MR) is 74.6 cm³/mol. The fourth-order valence-corrected chi connectivity index (χ4v) is 12.3. The van der Waals surface area contributed by atoms with Gasteiger partial charge in [0.05, 0.1) is 0 Å². The summed E-state index contributed by atoms with van der Waals surface area (Å²) in [6.45, 7) is 0. The van der Waals surface area contributed by atoms with E-state index in [2.05, 4.69) is 0 Å². The number of alkyl halides is 2. The molecule has 2 aliphatic rings. The van der Waals surface area contributed by atoms with Crippen LogP contribution >= 0.6 is 23.2 Å². The van der Waals surface area contributed by atoms with Crippen LogP contribution in [-0.4, -0.2) is 31.5 Å². The third-order valence-corrected chi connectivity index (χ3v) is 13.2. The molecule has 0 aromatic rings. The van der Waals surface area contributed by atoms with E-state index in [0.29, 0.717) is 25.7 Å². The summed E-state index contributed by atoms with van der Waals surface area (Å²) in [7, 11) is 0. The van der Waals surface area contributed by atoms with E-state index >= 15 is 0 Å².